The fourth-order valence-corrected chi connectivity index (χ4v) is 3.99. The van der Waals surface area contributed by atoms with Crippen molar-refractivity contribution < 1.29 is 9.31 Å². The Balaban J connectivity index is 1.59. The molecular formula is C22H23FN4O2. The molecule has 2 aromatic heterocycles. The first-order chi connectivity index (χ1) is 14.1. The van der Waals surface area contributed by atoms with E-state index in [2.05, 4.69) is 20.9 Å². The number of nitro groups is 1. The van der Waals surface area contributed by atoms with Gasteiger partial charge in [0.2, 0.25) is 6.54 Å². The molecule has 7 heteroatoms. The number of aromatic nitrogens is 2. The summed E-state index contributed by atoms with van der Waals surface area (Å²) in [4.78, 5) is 20.2. The molecule has 3 aromatic rings. The third-order valence-corrected chi connectivity index (χ3v) is 5.59. The quantitative estimate of drug-likeness (QED) is 0.499. The Kier molecular flexibility index (Phi) is 5.67. The molecule has 0 radical (unpaired) electrons. The smallest absolute Gasteiger partial charge is 0.216 e. The standard InChI is InChI=1S/C22H23FN4O2/c23-19-3-1-18(2-4-19)22-20(16-5-9-24-10-6-16)15-21(25-22)17-7-11-26(12-8-17)13-14-27(28)29/h1-6,9-10,15,17,25H,7-8,11-14H2. The van der Waals surface area contributed by atoms with Gasteiger partial charge >= 0.3 is 0 Å². The Morgan fingerprint density at radius 2 is 1.79 bits per heavy atom. The van der Waals surface area contributed by atoms with Crippen LogP contribution in [0.5, 0.6) is 0 Å². The molecule has 150 valence electrons. The van der Waals surface area contributed by atoms with Crippen LogP contribution in [0.1, 0.15) is 24.5 Å². The second-order valence-corrected chi connectivity index (χ2v) is 7.43. The van der Waals surface area contributed by atoms with Crippen LogP contribution in [0.25, 0.3) is 22.4 Å². The average molecular weight is 394 g/mol. The maximum absolute atomic E-state index is 13.4. The summed E-state index contributed by atoms with van der Waals surface area (Å²) in [6.07, 6.45) is 5.45. The van der Waals surface area contributed by atoms with Gasteiger partial charge in [-0.1, -0.05) is 0 Å². The van der Waals surface area contributed by atoms with Gasteiger partial charge in [0.1, 0.15) is 5.82 Å². The highest BCUT2D eigenvalue weighted by Crippen LogP contribution is 2.37. The van der Waals surface area contributed by atoms with Crippen LogP contribution in [0.2, 0.25) is 0 Å². The molecule has 0 unspecified atom stereocenters. The molecule has 6 nitrogen and oxygen atoms in total. The van der Waals surface area contributed by atoms with Crippen LogP contribution in [0, 0.1) is 15.9 Å². The number of rotatable bonds is 6. The number of benzene rings is 1. The topological polar surface area (TPSA) is 75.1 Å². The van der Waals surface area contributed by atoms with E-state index < -0.39 is 0 Å². The summed E-state index contributed by atoms with van der Waals surface area (Å²) in [5, 5.41) is 10.6. The molecule has 0 spiro atoms. The second-order valence-electron chi connectivity index (χ2n) is 7.43. The number of hydrogen-bond donors (Lipinski definition) is 1. The molecule has 3 heterocycles. The molecule has 0 aliphatic carbocycles. The summed E-state index contributed by atoms with van der Waals surface area (Å²) in [5.74, 6) is 0.115. The van der Waals surface area contributed by atoms with E-state index in [1.165, 1.54) is 12.1 Å². The molecule has 0 amide bonds. The van der Waals surface area contributed by atoms with E-state index in [0.29, 0.717) is 12.5 Å². The summed E-state index contributed by atoms with van der Waals surface area (Å²) in [6.45, 7) is 2.21. The van der Waals surface area contributed by atoms with Gasteiger partial charge in [0.15, 0.2) is 0 Å². The first-order valence-corrected chi connectivity index (χ1v) is 9.83. The zero-order valence-corrected chi connectivity index (χ0v) is 16.1. The minimum atomic E-state index is -0.257. The van der Waals surface area contributed by atoms with Gasteiger partial charge in [-0.15, -0.1) is 0 Å². The van der Waals surface area contributed by atoms with Crippen LogP contribution in [0.15, 0.2) is 54.9 Å². The first kappa shape index (κ1) is 19.3. The minimum absolute atomic E-state index is 0.00588. The summed E-state index contributed by atoms with van der Waals surface area (Å²) in [5.41, 5.74) is 5.20. The molecule has 1 saturated heterocycles. The number of likely N-dealkylation sites (tertiary alicyclic amines) is 1. The lowest BCUT2D eigenvalue weighted by Gasteiger charge is -2.30. The highest BCUT2D eigenvalue weighted by atomic mass is 19.1. The van der Waals surface area contributed by atoms with E-state index in [1.807, 2.05) is 12.1 Å². The van der Waals surface area contributed by atoms with E-state index >= 15 is 0 Å². The Labute approximate surface area is 168 Å². The molecule has 1 aliphatic heterocycles. The maximum atomic E-state index is 13.4. The van der Waals surface area contributed by atoms with Crippen LogP contribution >= 0.6 is 0 Å². The van der Waals surface area contributed by atoms with Crippen LogP contribution < -0.4 is 0 Å². The number of hydrogen-bond acceptors (Lipinski definition) is 4. The van der Waals surface area contributed by atoms with Gasteiger partial charge in [-0.05, 0) is 79.5 Å². The largest absolute Gasteiger partial charge is 0.358 e. The monoisotopic (exact) mass is 394 g/mol. The highest BCUT2D eigenvalue weighted by Gasteiger charge is 2.24. The lowest BCUT2D eigenvalue weighted by atomic mass is 9.93. The van der Waals surface area contributed by atoms with Crippen molar-refractivity contribution in [2.75, 3.05) is 26.2 Å². The molecule has 1 aliphatic rings. The van der Waals surface area contributed by atoms with E-state index in [0.717, 1.165) is 54.0 Å². The third kappa shape index (κ3) is 4.51. The predicted octanol–water partition coefficient (Wildman–Crippen LogP) is 4.34. The molecule has 4 rings (SSSR count). The average Bonchev–Trinajstić information content (AvgIpc) is 3.19. The molecule has 1 fully saturated rings. The summed E-state index contributed by atoms with van der Waals surface area (Å²) in [7, 11) is 0. The number of pyridine rings is 1. The lowest BCUT2D eigenvalue weighted by Crippen LogP contribution is -2.36. The zero-order valence-electron chi connectivity index (χ0n) is 16.1. The molecule has 1 aromatic carbocycles. The Morgan fingerprint density at radius 1 is 1.10 bits per heavy atom. The van der Waals surface area contributed by atoms with Gasteiger partial charge in [-0.25, -0.2) is 4.39 Å². The van der Waals surface area contributed by atoms with Crippen LogP contribution in [-0.4, -0.2) is 46.0 Å². The fourth-order valence-electron chi connectivity index (χ4n) is 3.99. The van der Waals surface area contributed by atoms with Crippen molar-refractivity contribution in [3.05, 3.63) is 76.5 Å². The Morgan fingerprint density at radius 3 is 2.45 bits per heavy atom. The minimum Gasteiger partial charge on any atom is -0.358 e. The molecule has 0 saturated carbocycles. The number of H-pyrrole nitrogens is 1. The van der Waals surface area contributed by atoms with Crippen molar-refractivity contribution in [3.8, 4) is 22.4 Å². The number of halogens is 1. The number of nitrogens with zero attached hydrogens (tertiary/aromatic N) is 3. The molecule has 0 atom stereocenters. The molecule has 1 N–H and O–H groups in total. The van der Waals surface area contributed by atoms with E-state index in [4.69, 9.17) is 0 Å². The van der Waals surface area contributed by atoms with Crippen molar-refractivity contribution in [3.63, 3.8) is 0 Å². The van der Waals surface area contributed by atoms with Crippen molar-refractivity contribution in [1.29, 1.82) is 0 Å². The van der Waals surface area contributed by atoms with Crippen LogP contribution in [0.4, 0.5) is 4.39 Å². The van der Waals surface area contributed by atoms with Gasteiger partial charge < -0.3 is 4.98 Å². The van der Waals surface area contributed by atoms with Gasteiger partial charge in [0.05, 0.1) is 12.2 Å². The molecule has 29 heavy (non-hydrogen) atoms. The Bertz CT molecular complexity index is 964. The van der Waals surface area contributed by atoms with E-state index in [-0.39, 0.29) is 17.3 Å². The van der Waals surface area contributed by atoms with Crippen LogP contribution in [0.3, 0.4) is 0 Å². The van der Waals surface area contributed by atoms with E-state index in [1.54, 1.807) is 24.5 Å². The van der Waals surface area contributed by atoms with Crippen molar-refractivity contribution in [2.24, 2.45) is 0 Å². The summed E-state index contributed by atoms with van der Waals surface area (Å²) < 4.78 is 13.4. The van der Waals surface area contributed by atoms with Crippen LogP contribution in [-0.2, 0) is 0 Å². The third-order valence-electron chi connectivity index (χ3n) is 5.59. The van der Waals surface area contributed by atoms with Gasteiger partial charge in [0.25, 0.3) is 0 Å². The SMILES string of the molecule is O=[N+]([O-])CCN1CCC(c2cc(-c3ccncc3)c(-c3ccc(F)cc3)[nH]2)CC1. The van der Waals surface area contributed by atoms with Gasteiger partial charge in [-0.3, -0.25) is 20.0 Å². The van der Waals surface area contributed by atoms with Crippen molar-refractivity contribution in [2.45, 2.75) is 18.8 Å². The van der Waals surface area contributed by atoms with Crippen molar-refractivity contribution >= 4 is 0 Å². The van der Waals surface area contributed by atoms with Crippen molar-refractivity contribution in [1.82, 2.24) is 14.9 Å². The Hall–Kier alpha value is -3.06. The van der Waals surface area contributed by atoms with Gasteiger partial charge in [-0.2, -0.15) is 0 Å². The van der Waals surface area contributed by atoms with E-state index in [9.17, 15) is 14.5 Å². The second kappa shape index (κ2) is 8.53. The molecule has 0 bridgehead atoms. The lowest BCUT2D eigenvalue weighted by molar-refractivity contribution is -0.480. The molecular weight excluding hydrogens is 371 g/mol. The maximum Gasteiger partial charge on any atom is 0.216 e. The normalized spacial score (nSPS) is 15.5. The number of nitrogens with one attached hydrogen (secondary N) is 1. The number of aromatic amines is 1. The zero-order chi connectivity index (χ0) is 20.2. The summed E-state index contributed by atoms with van der Waals surface area (Å²) >= 11 is 0. The predicted molar refractivity (Wildman–Crippen MR) is 110 cm³/mol. The fraction of sp³-hybridized carbons (Fsp3) is 0.318. The summed E-state index contributed by atoms with van der Waals surface area (Å²) in [6, 6.07) is 12.7. The number of piperidine rings is 1. The highest BCUT2D eigenvalue weighted by molar-refractivity contribution is 5.82. The van der Waals surface area contributed by atoms with Gasteiger partial charge in [0, 0.05) is 34.5 Å². The first-order valence-electron chi connectivity index (χ1n) is 9.83.